The molecular weight excluding hydrogens is 1290 g/mol. The first kappa shape index (κ1) is 65.3. The van der Waals surface area contributed by atoms with E-state index in [0.29, 0.717) is 0 Å². The number of hydrogen-bond acceptors (Lipinski definition) is 8. The lowest BCUT2D eigenvalue weighted by Crippen LogP contribution is -2.17. The number of hydrogen-bond donors (Lipinski definition) is 0. The molecule has 4 nitrogen and oxygen atoms in total. The Labute approximate surface area is 606 Å². The van der Waals surface area contributed by atoms with Gasteiger partial charge < -0.3 is 19.6 Å². The van der Waals surface area contributed by atoms with Crippen molar-refractivity contribution in [3.05, 3.63) is 275 Å². The van der Waals surface area contributed by atoms with E-state index >= 15 is 0 Å². The standard InChI is InChI=1S/C92H86N4S4/c1-55-67-25-17-21-29-79(67)97-85(55)93(63-41-33-59(34-42-63)89(5,6)7)75-53-76(94(64-43-35-60(36-44-64)90(8,9)10)86-56(2)68-26-18-22-30-80(68)98-86)72-51-52-74-78(96(66-47-39-62(40-48-66)92(14,15)16)88-58(4)70-28-20-24-32-82(70)100-88)54-77(73-50-49-71(75)83(72)84(73)74)95(65-45-37-61(38-46-65)91(11,12)13)87-57(3)69-27-19-23-31-81(69)99-87/h17-54H,1-16H3. The summed E-state index contributed by atoms with van der Waals surface area (Å²) >= 11 is 7.54. The molecule has 0 saturated carbocycles. The quantitative estimate of drug-likeness (QED) is 0.113. The zero-order valence-corrected chi connectivity index (χ0v) is 63.6. The summed E-state index contributed by atoms with van der Waals surface area (Å²) in [7, 11) is 0. The Bertz CT molecular complexity index is 5100. The summed E-state index contributed by atoms with van der Waals surface area (Å²) in [4.78, 5) is 10.5. The lowest BCUT2D eigenvalue weighted by atomic mass is 9.86. The molecule has 8 heteroatoms. The van der Waals surface area contributed by atoms with Crippen molar-refractivity contribution in [2.75, 3.05) is 19.6 Å². The highest BCUT2D eigenvalue weighted by atomic mass is 32.1. The number of nitrogens with zero attached hydrogens (tertiary/aromatic N) is 4. The first-order chi connectivity index (χ1) is 47.8. The molecule has 498 valence electrons. The second kappa shape index (κ2) is 24.2. The predicted octanol–water partition coefficient (Wildman–Crippen LogP) is 29.7. The molecular formula is C92H86N4S4. The van der Waals surface area contributed by atoms with E-state index in [1.165, 1.54) is 137 Å². The van der Waals surface area contributed by atoms with E-state index in [9.17, 15) is 0 Å². The highest BCUT2D eigenvalue weighted by Crippen LogP contribution is 2.59. The van der Waals surface area contributed by atoms with E-state index in [1.807, 2.05) is 45.3 Å². The van der Waals surface area contributed by atoms with Gasteiger partial charge in [-0.1, -0.05) is 229 Å². The van der Waals surface area contributed by atoms with Crippen LogP contribution >= 0.6 is 45.3 Å². The second-order valence-electron chi connectivity index (χ2n) is 31.5. The fourth-order valence-electron chi connectivity index (χ4n) is 15.1. The van der Waals surface area contributed by atoms with Crippen molar-refractivity contribution in [2.45, 2.75) is 132 Å². The molecule has 100 heavy (non-hydrogen) atoms. The number of anilines is 12. The lowest BCUT2D eigenvalue weighted by Gasteiger charge is -2.34. The maximum Gasteiger partial charge on any atom is 0.104 e. The molecule has 0 spiro atoms. The van der Waals surface area contributed by atoms with Gasteiger partial charge in [0.05, 0.1) is 22.7 Å². The van der Waals surface area contributed by atoms with Crippen LogP contribution in [0.3, 0.4) is 0 Å². The van der Waals surface area contributed by atoms with E-state index in [-0.39, 0.29) is 21.7 Å². The van der Waals surface area contributed by atoms with Gasteiger partial charge in [0.25, 0.3) is 0 Å². The molecule has 12 aromatic carbocycles. The molecule has 0 radical (unpaired) electrons. The number of aryl methyl sites for hydroxylation is 4. The molecule has 0 aliphatic heterocycles. The van der Waals surface area contributed by atoms with Crippen molar-refractivity contribution < 1.29 is 0 Å². The van der Waals surface area contributed by atoms with Crippen LogP contribution in [-0.2, 0) is 21.7 Å². The van der Waals surface area contributed by atoms with Gasteiger partial charge in [0, 0.05) is 73.9 Å². The van der Waals surface area contributed by atoms with Crippen LogP contribution in [0.5, 0.6) is 0 Å². The maximum absolute atomic E-state index is 2.62. The van der Waals surface area contributed by atoms with Crippen molar-refractivity contribution in [1.29, 1.82) is 0 Å². The molecule has 16 aromatic rings. The van der Waals surface area contributed by atoms with Crippen molar-refractivity contribution in [2.24, 2.45) is 0 Å². The third-order valence-corrected chi connectivity index (χ3v) is 25.9. The van der Waals surface area contributed by atoms with Crippen LogP contribution < -0.4 is 19.6 Å². The number of benzene rings is 12. The minimum absolute atomic E-state index is 0.0502. The molecule has 0 unspecified atom stereocenters. The summed E-state index contributed by atoms with van der Waals surface area (Å²) < 4.78 is 5.05. The Balaban J connectivity index is 1.12. The number of rotatable bonds is 12. The molecule has 4 aromatic heterocycles. The van der Waals surface area contributed by atoms with E-state index in [4.69, 9.17) is 0 Å². The third kappa shape index (κ3) is 11.0. The van der Waals surface area contributed by atoms with Crippen LogP contribution in [0.1, 0.15) is 128 Å². The molecule has 4 heterocycles. The van der Waals surface area contributed by atoms with Crippen LogP contribution in [-0.4, -0.2) is 0 Å². The Hall–Kier alpha value is -9.28. The highest BCUT2D eigenvalue weighted by Gasteiger charge is 2.34. The zero-order valence-electron chi connectivity index (χ0n) is 60.4. The van der Waals surface area contributed by atoms with E-state index in [1.54, 1.807) is 0 Å². The molecule has 0 atom stereocenters. The zero-order chi connectivity index (χ0) is 69.6. The van der Waals surface area contributed by atoms with Gasteiger partial charge in [0.1, 0.15) is 20.0 Å². The highest BCUT2D eigenvalue weighted by molar-refractivity contribution is 7.24. The molecule has 0 fully saturated rings. The Morgan fingerprint density at radius 2 is 0.410 bits per heavy atom. The fourth-order valence-corrected chi connectivity index (χ4v) is 20.0. The van der Waals surface area contributed by atoms with Crippen molar-refractivity contribution in [3.63, 3.8) is 0 Å². The summed E-state index contributed by atoms with van der Waals surface area (Å²) in [6.45, 7) is 37.2. The van der Waals surface area contributed by atoms with Gasteiger partial charge in [-0.3, -0.25) is 0 Å². The van der Waals surface area contributed by atoms with Gasteiger partial charge in [-0.05, 0) is 200 Å². The Morgan fingerprint density at radius 3 is 0.590 bits per heavy atom. The monoisotopic (exact) mass is 1370 g/mol. The molecule has 0 amide bonds. The average Bonchev–Trinajstić information content (AvgIpc) is 0.900. The first-order valence-corrected chi connectivity index (χ1v) is 38.4. The Morgan fingerprint density at radius 1 is 0.220 bits per heavy atom. The van der Waals surface area contributed by atoms with Crippen molar-refractivity contribution in [3.8, 4) is 0 Å². The van der Waals surface area contributed by atoms with Gasteiger partial charge in [-0.15, -0.1) is 45.3 Å². The van der Waals surface area contributed by atoms with Gasteiger partial charge in [0.2, 0.25) is 0 Å². The summed E-state index contributed by atoms with van der Waals surface area (Å²) in [5, 5.41) is 17.0. The van der Waals surface area contributed by atoms with Gasteiger partial charge in [-0.2, -0.15) is 0 Å². The van der Waals surface area contributed by atoms with E-state index in [2.05, 4.69) is 361 Å². The van der Waals surface area contributed by atoms with Crippen LogP contribution in [0.4, 0.5) is 65.5 Å². The molecule has 0 bridgehead atoms. The minimum Gasteiger partial charge on any atom is -0.301 e. The molecule has 0 aliphatic carbocycles. The normalized spacial score (nSPS) is 12.6. The fraction of sp³-hybridized carbons (Fsp3) is 0.217. The minimum atomic E-state index is -0.0502. The largest absolute Gasteiger partial charge is 0.301 e. The smallest absolute Gasteiger partial charge is 0.104 e. The van der Waals surface area contributed by atoms with Gasteiger partial charge in [-0.25, -0.2) is 0 Å². The average molecular weight is 1380 g/mol. The number of thiophene rings is 4. The molecule has 0 N–H and O–H groups in total. The van der Waals surface area contributed by atoms with Crippen LogP contribution in [0.2, 0.25) is 0 Å². The summed E-state index contributed by atoms with van der Waals surface area (Å²) in [5.74, 6) is 0. The maximum atomic E-state index is 2.62. The third-order valence-electron chi connectivity index (χ3n) is 20.8. The van der Waals surface area contributed by atoms with E-state index in [0.717, 1.165) is 45.5 Å². The molecule has 16 rings (SSSR count). The first-order valence-electron chi connectivity index (χ1n) is 35.1. The second-order valence-corrected chi connectivity index (χ2v) is 35.7. The Kier molecular flexibility index (Phi) is 15.8. The number of fused-ring (bicyclic) bond motifs is 4. The molecule has 0 saturated heterocycles. The predicted molar refractivity (Wildman–Crippen MR) is 444 cm³/mol. The SMILES string of the molecule is Cc1c(N(c2ccc(C(C)(C)C)cc2)c2cc(N(c3ccc(C(C)(C)C)cc3)c3sc4ccccc4c3C)c3ccc4c(N(c5ccc(C(C)(C)C)cc5)c5sc6ccccc6c5C)cc(N(c5ccc(C(C)(C)C)cc5)c5sc6ccccc6c5C)c5ccc2c3c54)sc2ccccc12. The lowest BCUT2D eigenvalue weighted by molar-refractivity contribution is 0.590. The van der Waals surface area contributed by atoms with Crippen LogP contribution in [0, 0.1) is 27.7 Å². The summed E-state index contributed by atoms with van der Waals surface area (Å²) in [6.07, 6.45) is 0. The van der Waals surface area contributed by atoms with Gasteiger partial charge >= 0.3 is 0 Å². The van der Waals surface area contributed by atoms with Crippen LogP contribution in [0.15, 0.2) is 231 Å². The van der Waals surface area contributed by atoms with Crippen LogP contribution in [0.25, 0.3) is 72.7 Å². The topological polar surface area (TPSA) is 13.0 Å². The summed E-state index contributed by atoms with van der Waals surface area (Å²) in [5.41, 5.74) is 18.9. The summed E-state index contributed by atoms with van der Waals surface area (Å²) in [6, 6.07) is 88.9. The van der Waals surface area contributed by atoms with E-state index < -0.39 is 0 Å². The van der Waals surface area contributed by atoms with Gasteiger partial charge in [0.15, 0.2) is 0 Å². The van der Waals surface area contributed by atoms with Crippen molar-refractivity contribution in [1.82, 2.24) is 0 Å². The van der Waals surface area contributed by atoms with Crippen molar-refractivity contribution >= 4 is 184 Å². The molecule has 0 aliphatic rings.